The van der Waals surface area contributed by atoms with Gasteiger partial charge in [-0.1, -0.05) is 0 Å². The van der Waals surface area contributed by atoms with Gasteiger partial charge in [-0.3, -0.25) is 9.48 Å². The zero-order chi connectivity index (χ0) is 14.7. The predicted octanol–water partition coefficient (Wildman–Crippen LogP) is 1.37. The van der Waals surface area contributed by atoms with E-state index in [0.717, 1.165) is 0 Å². The minimum Gasteiger partial charge on any atom is -0.396 e. The molecule has 1 aromatic rings. The summed E-state index contributed by atoms with van der Waals surface area (Å²) in [6.45, 7) is 5.81. The van der Waals surface area contributed by atoms with Gasteiger partial charge in [0, 0.05) is 26.2 Å². The molecule has 0 aliphatic heterocycles. The highest BCUT2D eigenvalue weighted by atomic mass is 16.5. The third kappa shape index (κ3) is 2.95. The van der Waals surface area contributed by atoms with E-state index in [4.69, 9.17) is 10.5 Å². The van der Waals surface area contributed by atoms with Gasteiger partial charge in [-0.05, 0) is 32.6 Å². The van der Waals surface area contributed by atoms with Crippen LogP contribution in [-0.4, -0.2) is 46.9 Å². The summed E-state index contributed by atoms with van der Waals surface area (Å²) in [5, 5.41) is 4.15. The van der Waals surface area contributed by atoms with Gasteiger partial charge < -0.3 is 15.4 Å². The molecule has 0 aromatic carbocycles. The number of carbonyl (C=O) groups is 1. The Morgan fingerprint density at radius 1 is 1.65 bits per heavy atom. The van der Waals surface area contributed by atoms with Crippen molar-refractivity contribution in [3.63, 3.8) is 0 Å². The van der Waals surface area contributed by atoms with E-state index in [1.807, 2.05) is 11.8 Å². The zero-order valence-electron chi connectivity index (χ0n) is 12.5. The van der Waals surface area contributed by atoms with Gasteiger partial charge in [0.25, 0.3) is 5.91 Å². The fourth-order valence-corrected chi connectivity index (χ4v) is 2.52. The minimum atomic E-state index is -0.0432. The predicted molar refractivity (Wildman–Crippen MR) is 77.4 cm³/mol. The standard InChI is InChI=1S/C14H24N4O2/c1-4-18-13(12(15)9-16-18)14(19)17(7-8-20-3)10(2)11-5-6-11/h9-11H,4-8,15H2,1-3H3. The molecule has 1 heterocycles. The van der Waals surface area contributed by atoms with Crippen LogP contribution in [0.5, 0.6) is 0 Å². The number of carbonyl (C=O) groups excluding carboxylic acids is 1. The van der Waals surface area contributed by atoms with Crippen molar-refractivity contribution >= 4 is 11.6 Å². The van der Waals surface area contributed by atoms with E-state index < -0.39 is 0 Å². The third-order valence-corrected chi connectivity index (χ3v) is 3.96. The van der Waals surface area contributed by atoms with Crippen molar-refractivity contribution in [2.24, 2.45) is 5.92 Å². The second-order valence-corrected chi connectivity index (χ2v) is 5.33. The van der Waals surface area contributed by atoms with E-state index in [1.54, 1.807) is 18.0 Å². The third-order valence-electron chi connectivity index (χ3n) is 3.96. The molecule has 0 bridgehead atoms. The Morgan fingerprint density at radius 3 is 2.90 bits per heavy atom. The lowest BCUT2D eigenvalue weighted by Crippen LogP contribution is -2.43. The number of methoxy groups -OCH3 is 1. The van der Waals surface area contributed by atoms with Gasteiger partial charge in [0.15, 0.2) is 0 Å². The molecule has 2 N–H and O–H groups in total. The number of aryl methyl sites for hydroxylation is 1. The van der Waals surface area contributed by atoms with Crippen LogP contribution in [0.4, 0.5) is 5.69 Å². The largest absolute Gasteiger partial charge is 0.396 e. The van der Waals surface area contributed by atoms with Gasteiger partial charge in [0.05, 0.1) is 18.5 Å². The summed E-state index contributed by atoms with van der Waals surface area (Å²) in [5.74, 6) is 0.563. The molecule has 0 radical (unpaired) electrons. The Bertz CT molecular complexity index is 468. The van der Waals surface area contributed by atoms with Crippen LogP contribution in [0.3, 0.4) is 0 Å². The number of rotatable bonds is 7. The summed E-state index contributed by atoms with van der Waals surface area (Å²) < 4.78 is 6.79. The van der Waals surface area contributed by atoms with E-state index in [0.29, 0.717) is 37.0 Å². The fraction of sp³-hybridized carbons (Fsp3) is 0.714. The van der Waals surface area contributed by atoms with Crippen molar-refractivity contribution in [1.29, 1.82) is 0 Å². The maximum atomic E-state index is 12.8. The molecule has 1 aromatic heterocycles. The number of nitrogens with two attached hydrogens (primary N) is 1. The normalized spacial score (nSPS) is 16.1. The first-order valence-corrected chi connectivity index (χ1v) is 7.21. The van der Waals surface area contributed by atoms with Gasteiger partial charge >= 0.3 is 0 Å². The Balaban J connectivity index is 2.22. The second-order valence-electron chi connectivity index (χ2n) is 5.33. The molecule has 1 unspecified atom stereocenters. The highest BCUT2D eigenvalue weighted by molar-refractivity contribution is 5.97. The number of anilines is 1. The summed E-state index contributed by atoms with van der Waals surface area (Å²) in [6, 6.07) is 0.220. The highest BCUT2D eigenvalue weighted by Gasteiger charge is 2.35. The minimum absolute atomic E-state index is 0.0432. The number of nitrogen functional groups attached to an aromatic ring is 1. The van der Waals surface area contributed by atoms with Gasteiger partial charge in [-0.2, -0.15) is 5.10 Å². The van der Waals surface area contributed by atoms with Crippen LogP contribution in [0.25, 0.3) is 0 Å². The van der Waals surface area contributed by atoms with Crippen LogP contribution in [-0.2, 0) is 11.3 Å². The molecule has 1 aliphatic carbocycles. The first kappa shape index (κ1) is 14.8. The van der Waals surface area contributed by atoms with Crippen LogP contribution in [0.15, 0.2) is 6.20 Å². The molecule has 1 atom stereocenters. The van der Waals surface area contributed by atoms with Crippen LogP contribution in [0, 0.1) is 5.92 Å². The fourth-order valence-electron chi connectivity index (χ4n) is 2.52. The van der Waals surface area contributed by atoms with Crippen LogP contribution < -0.4 is 5.73 Å². The zero-order valence-corrected chi connectivity index (χ0v) is 12.5. The molecule has 20 heavy (non-hydrogen) atoms. The number of ether oxygens (including phenoxy) is 1. The number of hydrogen-bond donors (Lipinski definition) is 1. The summed E-state index contributed by atoms with van der Waals surface area (Å²) in [7, 11) is 1.65. The Hall–Kier alpha value is -1.56. The SMILES string of the molecule is CCn1ncc(N)c1C(=O)N(CCOC)C(C)C1CC1. The Labute approximate surface area is 119 Å². The summed E-state index contributed by atoms with van der Waals surface area (Å²) in [4.78, 5) is 14.7. The van der Waals surface area contributed by atoms with Crippen LogP contribution in [0.1, 0.15) is 37.2 Å². The first-order chi connectivity index (χ1) is 9.60. The van der Waals surface area contributed by atoms with E-state index >= 15 is 0 Å². The van der Waals surface area contributed by atoms with Crippen molar-refractivity contribution in [2.75, 3.05) is 26.0 Å². The smallest absolute Gasteiger partial charge is 0.274 e. The average molecular weight is 280 g/mol. The summed E-state index contributed by atoms with van der Waals surface area (Å²) in [6.07, 6.45) is 3.94. The quantitative estimate of drug-likeness (QED) is 0.818. The van der Waals surface area contributed by atoms with Crippen molar-refractivity contribution < 1.29 is 9.53 Å². The van der Waals surface area contributed by atoms with E-state index in [1.165, 1.54) is 12.8 Å². The van der Waals surface area contributed by atoms with Crippen LogP contribution in [0.2, 0.25) is 0 Å². The number of nitrogens with zero attached hydrogens (tertiary/aromatic N) is 3. The molecule has 1 amide bonds. The molecule has 0 spiro atoms. The Morgan fingerprint density at radius 2 is 2.35 bits per heavy atom. The second kappa shape index (κ2) is 6.26. The lowest BCUT2D eigenvalue weighted by Gasteiger charge is -2.29. The molecule has 1 fully saturated rings. The van der Waals surface area contributed by atoms with Gasteiger partial charge in [-0.25, -0.2) is 0 Å². The summed E-state index contributed by atoms with van der Waals surface area (Å²) in [5.41, 5.74) is 6.86. The first-order valence-electron chi connectivity index (χ1n) is 7.21. The van der Waals surface area contributed by atoms with E-state index in [2.05, 4.69) is 12.0 Å². The molecule has 1 aliphatic rings. The Kier molecular flexibility index (Phi) is 4.65. The van der Waals surface area contributed by atoms with Crippen molar-refractivity contribution in [3.05, 3.63) is 11.9 Å². The van der Waals surface area contributed by atoms with E-state index in [-0.39, 0.29) is 11.9 Å². The van der Waals surface area contributed by atoms with Gasteiger partial charge in [0.1, 0.15) is 5.69 Å². The number of aromatic nitrogens is 2. The molecule has 112 valence electrons. The molecule has 6 heteroatoms. The highest BCUT2D eigenvalue weighted by Crippen LogP contribution is 2.35. The lowest BCUT2D eigenvalue weighted by atomic mass is 10.1. The van der Waals surface area contributed by atoms with Crippen molar-refractivity contribution in [3.8, 4) is 0 Å². The lowest BCUT2D eigenvalue weighted by molar-refractivity contribution is 0.0583. The molecular formula is C14H24N4O2. The molecule has 0 saturated heterocycles. The van der Waals surface area contributed by atoms with E-state index in [9.17, 15) is 4.79 Å². The van der Waals surface area contributed by atoms with Crippen molar-refractivity contribution in [2.45, 2.75) is 39.3 Å². The number of amides is 1. The van der Waals surface area contributed by atoms with Gasteiger partial charge in [-0.15, -0.1) is 0 Å². The average Bonchev–Trinajstić information content (AvgIpc) is 3.22. The summed E-state index contributed by atoms with van der Waals surface area (Å²) >= 11 is 0. The molecule has 1 saturated carbocycles. The molecule has 6 nitrogen and oxygen atoms in total. The molecule has 2 rings (SSSR count). The number of hydrogen-bond acceptors (Lipinski definition) is 4. The maximum Gasteiger partial charge on any atom is 0.274 e. The maximum absolute atomic E-state index is 12.8. The van der Waals surface area contributed by atoms with Gasteiger partial charge in [0.2, 0.25) is 0 Å². The topological polar surface area (TPSA) is 73.4 Å². The van der Waals surface area contributed by atoms with Crippen molar-refractivity contribution in [1.82, 2.24) is 14.7 Å². The molecular weight excluding hydrogens is 256 g/mol. The monoisotopic (exact) mass is 280 g/mol. The van der Waals surface area contributed by atoms with Crippen LogP contribution >= 0.6 is 0 Å².